The zero-order valence-corrected chi connectivity index (χ0v) is 23.0. The summed E-state index contributed by atoms with van der Waals surface area (Å²) in [6.45, 7) is 7.89. The molecule has 10 nitrogen and oxygen atoms in total. The van der Waals surface area contributed by atoms with Gasteiger partial charge in [-0.25, -0.2) is 4.79 Å². The number of aliphatic hydroxyl groups excluding tert-OH is 1. The van der Waals surface area contributed by atoms with Crippen molar-refractivity contribution in [3.8, 4) is 0 Å². The molecule has 0 radical (unpaired) electrons. The Morgan fingerprint density at radius 3 is 2.36 bits per heavy atom. The van der Waals surface area contributed by atoms with E-state index in [1.54, 1.807) is 26.8 Å². The van der Waals surface area contributed by atoms with Crippen molar-refractivity contribution in [3.63, 3.8) is 0 Å². The summed E-state index contributed by atoms with van der Waals surface area (Å²) in [6.07, 6.45) is 1.40. The number of ether oxygens (including phenoxy) is 2. The molecular formula is C25H39N3O7S. The van der Waals surface area contributed by atoms with Gasteiger partial charge in [0.05, 0.1) is 13.7 Å². The van der Waals surface area contributed by atoms with Crippen molar-refractivity contribution in [2.24, 2.45) is 0 Å². The van der Waals surface area contributed by atoms with Gasteiger partial charge in [-0.05, 0) is 64.2 Å². The molecule has 2 unspecified atom stereocenters. The second-order valence-corrected chi connectivity index (χ2v) is 10.3. The monoisotopic (exact) mass is 525 g/mol. The molecule has 0 heterocycles. The predicted molar refractivity (Wildman–Crippen MR) is 139 cm³/mol. The molecule has 3 N–H and O–H groups in total. The Bertz CT molecular complexity index is 917. The van der Waals surface area contributed by atoms with Crippen LogP contribution in [0.25, 0.3) is 0 Å². The minimum Gasteiger partial charge on any atom is -0.468 e. The van der Waals surface area contributed by atoms with Gasteiger partial charge in [-0.15, -0.1) is 0 Å². The lowest BCUT2D eigenvalue weighted by Crippen LogP contribution is -2.54. The van der Waals surface area contributed by atoms with Crippen LogP contribution in [-0.4, -0.2) is 84.3 Å². The number of benzene rings is 1. The molecule has 36 heavy (non-hydrogen) atoms. The minimum absolute atomic E-state index is 0.172. The molecule has 1 aromatic carbocycles. The molecule has 0 aliphatic carbocycles. The number of thioether (sulfide) groups is 1. The summed E-state index contributed by atoms with van der Waals surface area (Å²) in [5.41, 5.74) is 1.49. The van der Waals surface area contributed by atoms with Gasteiger partial charge in [0.25, 0.3) is 0 Å². The minimum atomic E-state index is -1.16. The number of hydrogen-bond donors (Lipinski definition) is 3. The van der Waals surface area contributed by atoms with Crippen LogP contribution in [0.1, 0.15) is 49.9 Å². The van der Waals surface area contributed by atoms with Gasteiger partial charge in [-0.1, -0.05) is 23.8 Å². The van der Waals surface area contributed by atoms with Gasteiger partial charge >= 0.3 is 12.1 Å². The molecule has 0 aromatic heterocycles. The van der Waals surface area contributed by atoms with E-state index in [1.807, 2.05) is 32.2 Å². The van der Waals surface area contributed by atoms with Crippen LogP contribution in [0.2, 0.25) is 0 Å². The molecule has 2 atom stereocenters. The molecule has 0 spiro atoms. The summed E-state index contributed by atoms with van der Waals surface area (Å²) in [6, 6.07) is 3.27. The third kappa shape index (κ3) is 10.1. The van der Waals surface area contributed by atoms with E-state index >= 15 is 0 Å². The highest BCUT2D eigenvalue weighted by Crippen LogP contribution is 2.27. The summed E-state index contributed by atoms with van der Waals surface area (Å²) in [5, 5.41) is 14.9. The Hall–Kier alpha value is -2.79. The number of alkyl carbamates (subject to hydrolysis) is 1. The van der Waals surface area contributed by atoms with Gasteiger partial charge in [0.2, 0.25) is 11.8 Å². The van der Waals surface area contributed by atoms with Crippen molar-refractivity contribution in [1.29, 1.82) is 0 Å². The smallest absolute Gasteiger partial charge is 0.408 e. The SMILES string of the molecule is COC(=O)CNC(=O)C(c1ccc(C)cc1C)N(CCO)C(=O)C(CCSC)NC(=O)OC(C)(C)C. The number of carbonyl (C=O) groups excluding carboxylic acids is 4. The van der Waals surface area contributed by atoms with Crippen LogP contribution in [0.15, 0.2) is 18.2 Å². The van der Waals surface area contributed by atoms with Gasteiger partial charge in [0.15, 0.2) is 0 Å². The molecule has 3 amide bonds. The van der Waals surface area contributed by atoms with Gasteiger partial charge < -0.3 is 30.1 Å². The fraction of sp³-hybridized carbons (Fsp3) is 0.600. The molecule has 1 aromatic rings. The van der Waals surface area contributed by atoms with Crippen molar-refractivity contribution >= 4 is 35.6 Å². The van der Waals surface area contributed by atoms with Crippen LogP contribution in [0.5, 0.6) is 0 Å². The third-order valence-corrected chi connectivity index (χ3v) is 5.78. The molecule has 0 saturated carbocycles. The zero-order valence-electron chi connectivity index (χ0n) is 22.2. The molecule has 11 heteroatoms. The van der Waals surface area contributed by atoms with Crippen LogP contribution in [0.4, 0.5) is 4.79 Å². The first kappa shape index (κ1) is 31.2. The van der Waals surface area contributed by atoms with E-state index < -0.39 is 48.2 Å². The lowest BCUT2D eigenvalue weighted by Gasteiger charge is -2.34. The number of nitrogens with zero attached hydrogens (tertiary/aromatic N) is 1. The molecular weight excluding hydrogens is 486 g/mol. The number of amides is 3. The number of aliphatic hydroxyl groups is 1. The van der Waals surface area contributed by atoms with E-state index in [2.05, 4.69) is 15.4 Å². The molecule has 202 valence electrons. The standard InChI is InChI=1S/C25H39N3O7S/c1-16-8-9-18(17(2)14-16)21(22(31)26-15-20(30)34-6)28(11-12-29)23(32)19(10-13-36-7)27-24(33)35-25(3,4)5/h8-9,14,19,21,29H,10-13,15H2,1-7H3,(H,26,31)(H,27,33). The Morgan fingerprint density at radius 2 is 1.83 bits per heavy atom. The Labute approximate surface area is 217 Å². The average Bonchev–Trinajstić information content (AvgIpc) is 2.79. The number of methoxy groups -OCH3 is 1. The zero-order chi connectivity index (χ0) is 27.5. The van der Waals surface area contributed by atoms with Crippen LogP contribution >= 0.6 is 11.8 Å². The number of rotatable bonds is 12. The highest BCUT2D eigenvalue weighted by atomic mass is 32.2. The van der Waals surface area contributed by atoms with Crippen molar-refractivity contribution in [1.82, 2.24) is 15.5 Å². The number of carbonyl (C=O) groups is 4. The van der Waals surface area contributed by atoms with Crippen molar-refractivity contribution in [3.05, 3.63) is 34.9 Å². The third-order valence-electron chi connectivity index (χ3n) is 5.14. The maximum Gasteiger partial charge on any atom is 0.408 e. The second-order valence-electron chi connectivity index (χ2n) is 9.29. The topological polar surface area (TPSA) is 134 Å². The normalized spacial score (nSPS) is 12.8. The van der Waals surface area contributed by atoms with E-state index in [4.69, 9.17) is 4.74 Å². The van der Waals surface area contributed by atoms with Crippen LogP contribution in [0, 0.1) is 13.8 Å². The number of esters is 1. The number of nitrogens with one attached hydrogen (secondary N) is 2. The fourth-order valence-electron chi connectivity index (χ4n) is 3.53. The summed E-state index contributed by atoms with van der Waals surface area (Å²) in [7, 11) is 1.20. The second kappa shape index (κ2) is 14.7. The number of hydrogen-bond acceptors (Lipinski definition) is 8. The first-order valence-corrected chi connectivity index (χ1v) is 13.1. The Kier molecular flexibility index (Phi) is 12.8. The lowest BCUT2D eigenvalue weighted by molar-refractivity contribution is -0.145. The molecule has 0 bridgehead atoms. The van der Waals surface area contributed by atoms with E-state index in [0.717, 1.165) is 11.1 Å². The van der Waals surface area contributed by atoms with Crippen molar-refractivity contribution in [2.75, 3.05) is 38.8 Å². The maximum atomic E-state index is 13.8. The van der Waals surface area contributed by atoms with Gasteiger partial charge in [0, 0.05) is 6.54 Å². The quantitative estimate of drug-likeness (QED) is 0.353. The predicted octanol–water partition coefficient (Wildman–Crippen LogP) is 2.10. The molecule has 1 rings (SSSR count). The summed E-state index contributed by atoms with van der Waals surface area (Å²) in [5.74, 6) is -1.26. The molecule has 0 fully saturated rings. The summed E-state index contributed by atoms with van der Waals surface area (Å²) < 4.78 is 9.94. The largest absolute Gasteiger partial charge is 0.468 e. The highest BCUT2D eigenvalue weighted by Gasteiger charge is 2.36. The summed E-state index contributed by atoms with van der Waals surface area (Å²) in [4.78, 5) is 52.5. The van der Waals surface area contributed by atoms with Crippen LogP contribution in [-0.2, 0) is 23.9 Å². The van der Waals surface area contributed by atoms with Gasteiger partial charge in [-0.2, -0.15) is 11.8 Å². The average molecular weight is 526 g/mol. The van der Waals surface area contributed by atoms with Gasteiger partial charge in [-0.3, -0.25) is 14.4 Å². The first-order valence-electron chi connectivity index (χ1n) is 11.7. The van der Waals surface area contributed by atoms with Crippen LogP contribution in [0.3, 0.4) is 0 Å². The Balaban J connectivity index is 3.45. The maximum absolute atomic E-state index is 13.8. The van der Waals surface area contributed by atoms with E-state index in [-0.39, 0.29) is 19.5 Å². The van der Waals surface area contributed by atoms with E-state index in [9.17, 15) is 24.3 Å². The molecule has 0 aliphatic rings. The van der Waals surface area contributed by atoms with Crippen LogP contribution < -0.4 is 10.6 Å². The van der Waals surface area contributed by atoms with Crippen molar-refractivity contribution in [2.45, 2.75) is 58.7 Å². The Morgan fingerprint density at radius 1 is 1.17 bits per heavy atom. The van der Waals surface area contributed by atoms with E-state index in [1.165, 1.54) is 23.8 Å². The molecule has 0 saturated heterocycles. The number of aryl methyl sites for hydroxylation is 2. The lowest BCUT2D eigenvalue weighted by atomic mass is 9.96. The molecule has 0 aliphatic heterocycles. The summed E-state index contributed by atoms with van der Waals surface area (Å²) >= 11 is 1.50. The van der Waals surface area contributed by atoms with Crippen molar-refractivity contribution < 1.29 is 33.8 Å². The van der Waals surface area contributed by atoms with Gasteiger partial charge in [0.1, 0.15) is 24.2 Å². The fourth-order valence-corrected chi connectivity index (χ4v) is 4.00. The van der Waals surface area contributed by atoms with E-state index in [0.29, 0.717) is 11.3 Å². The first-order chi connectivity index (χ1) is 16.8. The highest BCUT2D eigenvalue weighted by molar-refractivity contribution is 7.98.